The summed E-state index contributed by atoms with van der Waals surface area (Å²) in [6.07, 6.45) is 3.64. The van der Waals surface area contributed by atoms with Crippen LogP contribution >= 0.6 is 0 Å². The average Bonchev–Trinajstić information content (AvgIpc) is 3.57. The molecule has 0 radical (unpaired) electrons. The zero-order chi connectivity index (χ0) is 23.5. The van der Waals surface area contributed by atoms with Crippen molar-refractivity contribution in [1.82, 2.24) is 25.6 Å². The van der Waals surface area contributed by atoms with Gasteiger partial charge in [-0.3, -0.25) is 20.4 Å². The summed E-state index contributed by atoms with van der Waals surface area (Å²) in [5.41, 5.74) is 8.58. The fourth-order valence-corrected chi connectivity index (χ4v) is 3.86. The summed E-state index contributed by atoms with van der Waals surface area (Å²) in [6.45, 7) is 1.95. The lowest BCUT2D eigenvalue weighted by Crippen LogP contribution is -2.42. The smallest absolute Gasteiger partial charge is 0.273 e. The molecule has 8 heteroatoms. The number of benzene rings is 2. The number of hydrogen-bond acceptors (Lipinski definition) is 5. The van der Waals surface area contributed by atoms with Crippen molar-refractivity contribution in [3.05, 3.63) is 102 Å². The number of pyridine rings is 1. The first-order valence-electron chi connectivity index (χ1n) is 10.8. The van der Waals surface area contributed by atoms with E-state index in [4.69, 9.17) is 4.42 Å². The van der Waals surface area contributed by atoms with Gasteiger partial charge in [0.1, 0.15) is 5.69 Å². The van der Waals surface area contributed by atoms with Crippen LogP contribution in [0.3, 0.4) is 0 Å². The second kappa shape index (κ2) is 9.03. The Kier molecular flexibility index (Phi) is 5.61. The van der Waals surface area contributed by atoms with Crippen molar-refractivity contribution in [1.29, 1.82) is 0 Å². The Morgan fingerprint density at radius 1 is 0.912 bits per heavy atom. The number of carbonyl (C=O) groups excluding carboxylic acids is 2. The lowest BCUT2D eigenvalue weighted by Gasteiger charge is -2.11. The molecule has 0 saturated heterocycles. The van der Waals surface area contributed by atoms with E-state index in [9.17, 15) is 9.59 Å². The predicted molar refractivity (Wildman–Crippen MR) is 127 cm³/mol. The van der Waals surface area contributed by atoms with Crippen molar-refractivity contribution in [3.63, 3.8) is 0 Å². The molecule has 0 aliphatic carbocycles. The van der Waals surface area contributed by atoms with Crippen LogP contribution < -0.4 is 10.9 Å². The fraction of sp³-hybridized carbons (Fsp3) is 0.0769. The normalized spacial score (nSPS) is 10.9. The highest BCUT2D eigenvalue weighted by Crippen LogP contribution is 2.25. The molecule has 3 aromatic heterocycles. The number of carbonyl (C=O) groups is 2. The van der Waals surface area contributed by atoms with E-state index in [2.05, 4.69) is 20.9 Å². The molecule has 2 aromatic carbocycles. The van der Waals surface area contributed by atoms with E-state index in [0.29, 0.717) is 39.9 Å². The molecular formula is C26H21N5O3. The van der Waals surface area contributed by atoms with Gasteiger partial charge in [-0.1, -0.05) is 43.3 Å². The van der Waals surface area contributed by atoms with Crippen molar-refractivity contribution in [2.24, 2.45) is 0 Å². The summed E-state index contributed by atoms with van der Waals surface area (Å²) in [7, 11) is 0. The Labute approximate surface area is 195 Å². The average molecular weight is 451 g/mol. The molecule has 2 amide bonds. The van der Waals surface area contributed by atoms with E-state index < -0.39 is 11.8 Å². The lowest BCUT2D eigenvalue weighted by atomic mass is 10.1. The quantitative estimate of drug-likeness (QED) is 0.388. The van der Waals surface area contributed by atoms with Crippen LogP contribution in [0.2, 0.25) is 0 Å². The minimum absolute atomic E-state index is 0.369. The molecule has 8 nitrogen and oxygen atoms in total. The van der Waals surface area contributed by atoms with Gasteiger partial charge in [-0.05, 0) is 42.8 Å². The van der Waals surface area contributed by atoms with Crippen molar-refractivity contribution >= 4 is 22.7 Å². The van der Waals surface area contributed by atoms with Crippen molar-refractivity contribution in [2.75, 3.05) is 0 Å². The van der Waals surface area contributed by atoms with Gasteiger partial charge in [-0.25, -0.2) is 9.67 Å². The Balaban J connectivity index is 1.40. The number of fused-ring (bicyclic) bond motifs is 1. The number of hydrogen-bond donors (Lipinski definition) is 2. The molecule has 0 atom stereocenters. The zero-order valence-corrected chi connectivity index (χ0v) is 18.4. The largest absolute Gasteiger partial charge is 0.463 e. The van der Waals surface area contributed by atoms with E-state index >= 15 is 0 Å². The van der Waals surface area contributed by atoms with Crippen LogP contribution in [0.4, 0.5) is 0 Å². The van der Waals surface area contributed by atoms with Gasteiger partial charge in [0.05, 0.1) is 40.5 Å². The third-order valence-corrected chi connectivity index (χ3v) is 5.47. The van der Waals surface area contributed by atoms with E-state index in [1.165, 1.54) is 6.20 Å². The zero-order valence-electron chi connectivity index (χ0n) is 18.4. The number of furan rings is 1. The molecule has 0 bridgehead atoms. The molecule has 0 aliphatic heterocycles. The molecule has 0 fully saturated rings. The number of para-hydroxylation sites is 2. The van der Waals surface area contributed by atoms with Gasteiger partial charge in [0.15, 0.2) is 5.76 Å². The summed E-state index contributed by atoms with van der Waals surface area (Å²) in [5.74, 6) is -0.366. The molecule has 168 valence electrons. The first-order chi connectivity index (χ1) is 16.7. The van der Waals surface area contributed by atoms with Gasteiger partial charge in [-0.2, -0.15) is 5.10 Å². The molecule has 0 spiro atoms. The molecule has 3 heterocycles. The van der Waals surface area contributed by atoms with Crippen LogP contribution in [-0.4, -0.2) is 26.6 Å². The maximum atomic E-state index is 13.1. The first kappa shape index (κ1) is 21.1. The Morgan fingerprint density at radius 3 is 2.38 bits per heavy atom. The minimum Gasteiger partial charge on any atom is -0.463 e. The van der Waals surface area contributed by atoms with Gasteiger partial charge in [-0.15, -0.1) is 0 Å². The molecule has 0 aliphatic rings. The highest BCUT2D eigenvalue weighted by molar-refractivity contribution is 6.08. The van der Waals surface area contributed by atoms with Crippen LogP contribution in [0.25, 0.3) is 28.0 Å². The van der Waals surface area contributed by atoms with E-state index in [-0.39, 0.29) is 0 Å². The van der Waals surface area contributed by atoms with E-state index in [1.54, 1.807) is 29.1 Å². The Bertz CT molecular complexity index is 1470. The van der Waals surface area contributed by atoms with Gasteiger partial charge in [0.2, 0.25) is 0 Å². The number of aromatic nitrogens is 3. The molecule has 34 heavy (non-hydrogen) atoms. The van der Waals surface area contributed by atoms with Crippen LogP contribution in [0.1, 0.15) is 33.3 Å². The lowest BCUT2D eigenvalue weighted by molar-refractivity contribution is 0.0847. The molecule has 0 unspecified atom stereocenters. The Hall–Kier alpha value is -4.72. The maximum absolute atomic E-state index is 13.1. The molecule has 5 rings (SSSR count). The summed E-state index contributed by atoms with van der Waals surface area (Å²) in [6, 6.07) is 22.1. The summed E-state index contributed by atoms with van der Waals surface area (Å²) < 4.78 is 7.18. The molecule has 0 saturated carbocycles. The second-order valence-electron chi connectivity index (χ2n) is 7.56. The number of amides is 2. The van der Waals surface area contributed by atoms with Gasteiger partial charge in [0.25, 0.3) is 11.8 Å². The highest BCUT2D eigenvalue weighted by atomic mass is 16.3. The van der Waals surface area contributed by atoms with Crippen LogP contribution in [0, 0.1) is 0 Å². The van der Waals surface area contributed by atoms with E-state index in [0.717, 1.165) is 11.4 Å². The van der Waals surface area contributed by atoms with E-state index in [1.807, 2.05) is 61.5 Å². The van der Waals surface area contributed by atoms with Crippen molar-refractivity contribution in [3.8, 4) is 17.1 Å². The van der Waals surface area contributed by atoms with Crippen LogP contribution in [0.5, 0.6) is 0 Å². The summed E-state index contributed by atoms with van der Waals surface area (Å²) in [4.78, 5) is 30.6. The SMILES string of the molecule is CCc1c(C(=O)NNC(=O)c2cc(-c3ccco3)nc3ccccc23)cnn1-c1ccccc1. The van der Waals surface area contributed by atoms with Crippen LogP contribution in [-0.2, 0) is 6.42 Å². The molecule has 2 N–H and O–H groups in total. The predicted octanol–water partition coefficient (Wildman–Crippen LogP) is 4.32. The van der Waals surface area contributed by atoms with Gasteiger partial charge in [0, 0.05) is 5.39 Å². The number of nitrogens with one attached hydrogen (secondary N) is 2. The standard InChI is InChI=1S/C26H21N5O3/c1-2-23-20(16-27-31(23)17-9-4-3-5-10-17)26(33)30-29-25(32)19-15-22(24-13-8-14-34-24)28-21-12-7-6-11-18(19)21/h3-16H,2H2,1H3,(H,29,32)(H,30,33). The molecule has 5 aromatic rings. The van der Waals surface area contributed by atoms with Crippen molar-refractivity contribution < 1.29 is 14.0 Å². The minimum atomic E-state index is -0.465. The Morgan fingerprint density at radius 2 is 1.65 bits per heavy atom. The first-order valence-corrected chi connectivity index (χ1v) is 10.8. The number of nitrogens with zero attached hydrogens (tertiary/aromatic N) is 3. The van der Waals surface area contributed by atoms with Gasteiger partial charge >= 0.3 is 0 Å². The monoisotopic (exact) mass is 451 g/mol. The molecular weight excluding hydrogens is 430 g/mol. The van der Waals surface area contributed by atoms with Crippen molar-refractivity contribution in [2.45, 2.75) is 13.3 Å². The third-order valence-electron chi connectivity index (χ3n) is 5.47. The summed E-state index contributed by atoms with van der Waals surface area (Å²) >= 11 is 0. The van der Waals surface area contributed by atoms with Crippen LogP contribution in [0.15, 0.2) is 89.7 Å². The summed E-state index contributed by atoms with van der Waals surface area (Å²) in [5, 5.41) is 5.03. The maximum Gasteiger partial charge on any atom is 0.273 e. The second-order valence-corrected chi connectivity index (χ2v) is 7.56. The highest BCUT2D eigenvalue weighted by Gasteiger charge is 2.19. The topological polar surface area (TPSA) is 102 Å². The van der Waals surface area contributed by atoms with Gasteiger partial charge < -0.3 is 4.42 Å². The third kappa shape index (κ3) is 3.93. The fourth-order valence-electron chi connectivity index (χ4n) is 3.86. The number of hydrazine groups is 1. The number of rotatable bonds is 5.